The van der Waals surface area contributed by atoms with Crippen molar-refractivity contribution in [2.24, 2.45) is 13.0 Å². The molecule has 1 aromatic heterocycles. The fourth-order valence-electron chi connectivity index (χ4n) is 2.12. The van der Waals surface area contributed by atoms with Gasteiger partial charge in [-0.05, 0) is 6.07 Å². The second kappa shape index (κ2) is 5.32. The van der Waals surface area contributed by atoms with Gasteiger partial charge in [-0.2, -0.15) is 5.10 Å². The number of aromatic nitrogens is 2. The summed E-state index contributed by atoms with van der Waals surface area (Å²) < 4.78 is 1.65. The van der Waals surface area contributed by atoms with Gasteiger partial charge in [-0.15, -0.1) is 0 Å². The third-order valence-corrected chi connectivity index (χ3v) is 3.28. The van der Waals surface area contributed by atoms with Crippen LogP contribution in [-0.4, -0.2) is 45.3 Å². The second-order valence-electron chi connectivity index (χ2n) is 4.91. The summed E-state index contributed by atoms with van der Waals surface area (Å²) in [5, 5.41) is 13.9. The monoisotopic (exact) mass is 275 g/mol. The number of para-hydroxylation sites is 1. The molecule has 2 aromatic rings. The number of hydrogen-bond acceptors (Lipinski definition) is 3. The lowest BCUT2D eigenvalue weighted by Crippen LogP contribution is -2.34. The van der Waals surface area contributed by atoms with E-state index in [4.69, 9.17) is 5.11 Å². The molecule has 0 aliphatic rings. The number of fused-ring (bicyclic) bond motifs is 1. The highest BCUT2D eigenvalue weighted by molar-refractivity contribution is 6.04. The van der Waals surface area contributed by atoms with Crippen molar-refractivity contribution in [3.8, 4) is 0 Å². The molecule has 6 nitrogen and oxygen atoms in total. The minimum Gasteiger partial charge on any atom is -0.481 e. The number of nitrogens with zero attached hydrogens (tertiary/aromatic N) is 3. The summed E-state index contributed by atoms with van der Waals surface area (Å²) in [7, 11) is 3.37. The van der Waals surface area contributed by atoms with E-state index in [0.29, 0.717) is 5.69 Å². The fourth-order valence-corrected chi connectivity index (χ4v) is 2.12. The van der Waals surface area contributed by atoms with E-state index in [1.165, 1.54) is 4.90 Å². The average Bonchev–Trinajstić information content (AvgIpc) is 2.75. The summed E-state index contributed by atoms with van der Waals surface area (Å²) >= 11 is 0. The van der Waals surface area contributed by atoms with Gasteiger partial charge in [0.2, 0.25) is 0 Å². The lowest BCUT2D eigenvalue weighted by molar-refractivity contribution is -0.141. The van der Waals surface area contributed by atoms with Gasteiger partial charge < -0.3 is 10.0 Å². The van der Waals surface area contributed by atoms with Crippen molar-refractivity contribution in [1.82, 2.24) is 14.7 Å². The van der Waals surface area contributed by atoms with Gasteiger partial charge in [0.1, 0.15) is 0 Å². The van der Waals surface area contributed by atoms with E-state index in [1.54, 1.807) is 25.7 Å². The SMILES string of the molecule is CC(CN(C)C(=O)c1nn(C)c2ccccc12)C(=O)O. The van der Waals surface area contributed by atoms with Gasteiger partial charge in [0, 0.05) is 26.0 Å². The Morgan fingerprint density at radius 2 is 2.05 bits per heavy atom. The van der Waals surface area contributed by atoms with Crippen LogP contribution in [0.3, 0.4) is 0 Å². The van der Waals surface area contributed by atoms with Crippen LogP contribution in [-0.2, 0) is 11.8 Å². The minimum atomic E-state index is -0.921. The van der Waals surface area contributed by atoms with E-state index in [2.05, 4.69) is 5.10 Å². The predicted octanol–water partition coefficient (Wildman–Crippen LogP) is 1.37. The van der Waals surface area contributed by atoms with Crippen molar-refractivity contribution in [1.29, 1.82) is 0 Å². The molecule has 1 amide bonds. The zero-order valence-corrected chi connectivity index (χ0v) is 11.7. The molecule has 0 fully saturated rings. The van der Waals surface area contributed by atoms with E-state index in [9.17, 15) is 9.59 Å². The summed E-state index contributed by atoms with van der Waals surface area (Å²) in [4.78, 5) is 24.6. The molecule has 2 rings (SSSR count). The van der Waals surface area contributed by atoms with Crippen LogP contribution in [0.1, 0.15) is 17.4 Å². The number of aliphatic carboxylic acids is 1. The van der Waals surface area contributed by atoms with Gasteiger partial charge in [-0.25, -0.2) is 0 Å². The van der Waals surface area contributed by atoms with Crippen LogP contribution in [0.2, 0.25) is 0 Å². The number of aryl methyl sites for hydroxylation is 1. The second-order valence-corrected chi connectivity index (χ2v) is 4.91. The van der Waals surface area contributed by atoms with Crippen LogP contribution < -0.4 is 0 Å². The largest absolute Gasteiger partial charge is 0.481 e. The van der Waals surface area contributed by atoms with Gasteiger partial charge in [-0.3, -0.25) is 14.3 Å². The maximum Gasteiger partial charge on any atom is 0.308 e. The molecule has 1 atom stereocenters. The molecule has 0 saturated carbocycles. The first-order chi connectivity index (χ1) is 9.41. The van der Waals surface area contributed by atoms with E-state index >= 15 is 0 Å². The zero-order valence-electron chi connectivity index (χ0n) is 11.7. The molecule has 0 bridgehead atoms. The van der Waals surface area contributed by atoms with Crippen molar-refractivity contribution >= 4 is 22.8 Å². The molecule has 1 heterocycles. The number of carboxylic acid groups (broad SMARTS) is 1. The Balaban J connectivity index is 2.30. The number of benzene rings is 1. The van der Waals surface area contributed by atoms with E-state index in [-0.39, 0.29) is 12.5 Å². The maximum absolute atomic E-state index is 12.4. The molecule has 6 heteroatoms. The Morgan fingerprint density at radius 3 is 2.70 bits per heavy atom. The topological polar surface area (TPSA) is 75.4 Å². The number of amides is 1. The molecular weight excluding hydrogens is 258 g/mol. The van der Waals surface area contributed by atoms with Crippen molar-refractivity contribution in [2.75, 3.05) is 13.6 Å². The van der Waals surface area contributed by atoms with E-state index in [0.717, 1.165) is 10.9 Å². The molecule has 1 unspecified atom stereocenters. The molecule has 0 spiro atoms. The standard InChI is InChI=1S/C14H17N3O3/c1-9(14(19)20)8-16(2)13(18)12-10-6-4-5-7-11(10)17(3)15-12/h4-7,9H,8H2,1-3H3,(H,19,20). The number of carboxylic acids is 1. The Morgan fingerprint density at radius 1 is 1.40 bits per heavy atom. The van der Waals surface area contributed by atoms with E-state index in [1.807, 2.05) is 24.3 Å². The number of hydrogen-bond donors (Lipinski definition) is 1. The Labute approximate surface area is 116 Å². The summed E-state index contributed by atoms with van der Waals surface area (Å²) in [6, 6.07) is 7.46. The highest BCUT2D eigenvalue weighted by Crippen LogP contribution is 2.18. The Hall–Kier alpha value is -2.37. The minimum absolute atomic E-state index is 0.152. The van der Waals surface area contributed by atoms with Gasteiger partial charge in [0.25, 0.3) is 5.91 Å². The van der Waals surface area contributed by atoms with Crippen LogP contribution in [0, 0.1) is 5.92 Å². The maximum atomic E-state index is 12.4. The van der Waals surface area contributed by atoms with Crippen LogP contribution in [0.4, 0.5) is 0 Å². The van der Waals surface area contributed by atoms with Gasteiger partial charge in [-0.1, -0.05) is 25.1 Å². The molecule has 1 aromatic carbocycles. The lowest BCUT2D eigenvalue weighted by Gasteiger charge is -2.18. The van der Waals surface area contributed by atoms with Crippen LogP contribution >= 0.6 is 0 Å². The van der Waals surface area contributed by atoms with Crippen LogP contribution in [0.25, 0.3) is 10.9 Å². The van der Waals surface area contributed by atoms with Gasteiger partial charge in [0.15, 0.2) is 5.69 Å². The molecule has 106 valence electrons. The smallest absolute Gasteiger partial charge is 0.308 e. The molecule has 0 aliphatic carbocycles. The van der Waals surface area contributed by atoms with Gasteiger partial charge >= 0.3 is 5.97 Å². The quantitative estimate of drug-likeness (QED) is 0.914. The van der Waals surface area contributed by atoms with Crippen molar-refractivity contribution in [3.05, 3.63) is 30.0 Å². The first kappa shape index (κ1) is 14.0. The van der Waals surface area contributed by atoms with Crippen molar-refractivity contribution in [2.45, 2.75) is 6.92 Å². The first-order valence-corrected chi connectivity index (χ1v) is 6.31. The summed E-state index contributed by atoms with van der Waals surface area (Å²) in [6.07, 6.45) is 0. The summed E-state index contributed by atoms with van der Waals surface area (Å²) in [5.41, 5.74) is 1.22. The number of rotatable bonds is 4. The number of carbonyl (C=O) groups excluding carboxylic acids is 1. The van der Waals surface area contributed by atoms with E-state index < -0.39 is 11.9 Å². The Kier molecular flexibility index (Phi) is 3.74. The van der Waals surface area contributed by atoms with Crippen LogP contribution in [0.5, 0.6) is 0 Å². The molecule has 1 N–H and O–H groups in total. The van der Waals surface area contributed by atoms with Crippen LogP contribution in [0.15, 0.2) is 24.3 Å². The third-order valence-electron chi connectivity index (χ3n) is 3.28. The summed E-state index contributed by atoms with van der Waals surface area (Å²) in [6.45, 7) is 1.72. The van der Waals surface area contributed by atoms with Gasteiger partial charge in [0.05, 0.1) is 11.4 Å². The zero-order chi connectivity index (χ0) is 14.9. The highest BCUT2D eigenvalue weighted by atomic mass is 16.4. The average molecular weight is 275 g/mol. The molecule has 0 saturated heterocycles. The fraction of sp³-hybridized carbons (Fsp3) is 0.357. The predicted molar refractivity (Wildman–Crippen MR) is 74.5 cm³/mol. The normalized spacial score (nSPS) is 12.3. The Bertz CT molecular complexity index is 663. The van der Waals surface area contributed by atoms with Crippen molar-refractivity contribution in [3.63, 3.8) is 0 Å². The molecule has 0 aliphatic heterocycles. The van der Waals surface area contributed by atoms with Crippen molar-refractivity contribution < 1.29 is 14.7 Å². The third kappa shape index (κ3) is 2.49. The lowest BCUT2D eigenvalue weighted by atomic mass is 10.1. The highest BCUT2D eigenvalue weighted by Gasteiger charge is 2.22. The molecule has 0 radical (unpaired) electrons. The summed E-state index contributed by atoms with van der Waals surface area (Å²) in [5.74, 6) is -1.80. The first-order valence-electron chi connectivity index (χ1n) is 6.31. The molecule has 20 heavy (non-hydrogen) atoms. The molecular formula is C14H17N3O3. The number of carbonyl (C=O) groups is 2.